The van der Waals surface area contributed by atoms with E-state index < -0.39 is 66.5 Å². The number of fused-ring (bicyclic) bond motifs is 8. The minimum Gasteiger partial charge on any atom is -0.456 e. The van der Waals surface area contributed by atoms with Gasteiger partial charge in [-0.15, -0.1) is 0 Å². The summed E-state index contributed by atoms with van der Waals surface area (Å²) < 4.78 is 103. The van der Waals surface area contributed by atoms with E-state index in [-0.39, 0.29) is 37.9 Å². The smallest absolute Gasteiger partial charge is 0.136 e. The van der Waals surface area contributed by atoms with Gasteiger partial charge in [0.1, 0.15) is 11.2 Å². The predicted octanol–water partition coefficient (Wildman–Crippen LogP) is 9.87. The first kappa shape index (κ1) is 11.2. The minimum absolute atomic E-state index is 0.0306. The molecule has 1 nitrogen and oxygen atoms in total. The van der Waals surface area contributed by atoms with Crippen molar-refractivity contribution >= 4 is 65.0 Å². The molecule has 1 heterocycles. The molecule has 7 aromatic carbocycles. The highest BCUT2D eigenvalue weighted by Crippen LogP contribution is 2.45. The van der Waals surface area contributed by atoms with Crippen LogP contribution in [0.1, 0.15) is 15.1 Å². The second-order valence-corrected chi connectivity index (χ2v) is 8.48. The fourth-order valence-corrected chi connectivity index (χ4v) is 5.08. The monoisotopic (exact) mass is 455 g/mol. The standard InChI is InChI=1S/C34H20O/c1-2-10-23-20-31-29(19-22(23)9-1)33-28(14-7-15-30(33)35-31)34-27-13-6-4-11-24(27)18-25-17-16-21-8-3-5-12-26(21)32(25)34/h1-20H/i3D,4D,5D,6D,8D,11D,12D,13D,16D,17D,18D. The van der Waals surface area contributed by atoms with Gasteiger partial charge >= 0.3 is 0 Å². The molecular formula is C34H20O. The van der Waals surface area contributed by atoms with E-state index >= 15 is 0 Å². The summed E-state index contributed by atoms with van der Waals surface area (Å²) in [5.74, 6) is 0. The molecule has 0 saturated heterocycles. The molecule has 0 aliphatic rings. The van der Waals surface area contributed by atoms with Crippen LogP contribution < -0.4 is 0 Å². The van der Waals surface area contributed by atoms with Gasteiger partial charge in [-0.1, -0.05) is 96.8 Å². The van der Waals surface area contributed by atoms with Gasteiger partial charge in [-0.25, -0.2) is 0 Å². The molecule has 0 spiro atoms. The van der Waals surface area contributed by atoms with Crippen molar-refractivity contribution in [2.24, 2.45) is 0 Å². The Labute approximate surface area is 217 Å². The van der Waals surface area contributed by atoms with Crippen molar-refractivity contribution in [1.82, 2.24) is 0 Å². The number of rotatable bonds is 1. The molecule has 0 N–H and O–H groups in total. The summed E-state index contributed by atoms with van der Waals surface area (Å²) in [6, 6.07) is 11.3. The third-order valence-corrected chi connectivity index (χ3v) is 6.57. The van der Waals surface area contributed by atoms with Crippen LogP contribution in [0.15, 0.2) is 125 Å². The van der Waals surface area contributed by atoms with Crippen LogP contribution in [0.5, 0.6) is 0 Å². The van der Waals surface area contributed by atoms with E-state index in [1.165, 1.54) is 0 Å². The molecule has 0 fully saturated rings. The maximum absolute atomic E-state index is 9.22. The molecule has 1 aromatic heterocycles. The van der Waals surface area contributed by atoms with Crippen LogP contribution in [0.2, 0.25) is 0 Å². The first-order valence-corrected chi connectivity index (χ1v) is 11.1. The summed E-state index contributed by atoms with van der Waals surface area (Å²) in [4.78, 5) is 0. The van der Waals surface area contributed by atoms with Crippen molar-refractivity contribution in [2.75, 3.05) is 0 Å². The van der Waals surface area contributed by atoms with Gasteiger partial charge in [0.05, 0.1) is 15.1 Å². The number of benzene rings is 7. The first-order chi connectivity index (χ1) is 21.9. The zero-order chi connectivity index (χ0) is 32.5. The summed E-state index contributed by atoms with van der Waals surface area (Å²) in [5.41, 5.74) is 1.62. The minimum atomic E-state index is -0.574. The van der Waals surface area contributed by atoms with Crippen LogP contribution in [-0.4, -0.2) is 0 Å². The molecule has 35 heavy (non-hydrogen) atoms. The SMILES string of the molecule is [2H]c1c([2H])c([2H])c2c(-c3cccc4oc5cc6ccccc6cc5c34)c3c(c([2H])c([2H])c4c([2H])c([2H])c([2H])c([2H])c43)c([2H])c2c1[2H]. The van der Waals surface area contributed by atoms with Crippen LogP contribution in [0.3, 0.4) is 0 Å². The van der Waals surface area contributed by atoms with Crippen LogP contribution in [0, 0.1) is 0 Å². The van der Waals surface area contributed by atoms with Gasteiger partial charge in [-0.3, -0.25) is 0 Å². The molecule has 0 amide bonds. The van der Waals surface area contributed by atoms with Crippen LogP contribution in [0.25, 0.3) is 76.2 Å². The highest BCUT2D eigenvalue weighted by Gasteiger charge is 2.18. The Morgan fingerprint density at radius 1 is 0.514 bits per heavy atom. The summed E-state index contributed by atoms with van der Waals surface area (Å²) >= 11 is 0. The van der Waals surface area contributed by atoms with E-state index in [0.29, 0.717) is 27.5 Å². The molecule has 1 heteroatoms. The second kappa shape index (κ2) is 6.94. The number of hydrogen-bond acceptors (Lipinski definition) is 1. The highest BCUT2D eigenvalue weighted by molar-refractivity contribution is 6.26. The largest absolute Gasteiger partial charge is 0.456 e. The normalized spacial score (nSPS) is 16.4. The van der Waals surface area contributed by atoms with Crippen molar-refractivity contribution in [3.63, 3.8) is 0 Å². The lowest BCUT2D eigenvalue weighted by Crippen LogP contribution is -1.88. The van der Waals surface area contributed by atoms with Crippen molar-refractivity contribution in [3.05, 3.63) is 121 Å². The average molecular weight is 456 g/mol. The average Bonchev–Trinajstić information content (AvgIpc) is 3.42. The zero-order valence-corrected chi connectivity index (χ0v) is 18.1. The van der Waals surface area contributed by atoms with E-state index in [4.69, 9.17) is 18.1 Å². The molecule has 0 unspecified atom stereocenters. The summed E-state index contributed by atoms with van der Waals surface area (Å²) in [6.07, 6.45) is 0. The Hall–Kier alpha value is -4.62. The Kier molecular flexibility index (Phi) is 2.22. The quantitative estimate of drug-likeness (QED) is 0.177. The Morgan fingerprint density at radius 2 is 1.26 bits per heavy atom. The third-order valence-electron chi connectivity index (χ3n) is 6.57. The van der Waals surface area contributed by atoms with Crippen molar-refractivity contribution in [2.45, 2.75) is 0 Å². The number of hydrogen-bond donors (Lipinski definition) is 0. The highest BCUT2D eigenvalue weighted by atomic mass is 16.3. The lowest BCUT2D eigenvalue weighted by molar-refractivity contribution is 0.669. The Morgan fingerprint density at radius 3 is 2.14 bits per heavy atom. The maximum atomic E-state index is 9.22. The molecular weight excluding hydrogens is 424 g/mol. The Bertz CT molecular complexity index is 2710. The molecule has 0 bridgehead atoms. The lowest BCUT2D eigenvalue weighted by atomic mass is 9.87. The van der Waals surface area contributed by atoms with E-state index in [1.54, 1.807) is 18.2 Å². The van der Waals surface area contributed by atoms with Crippen LogP contribution >= 0.6 is 0 Å². The number of furan rings is 1. The van der Waals surface area contributed by atoms with Crippen molar-refractivity contribution in [3.8, 4) is 11.1 Å². The molecule has 0 aliphatic carbocycles. The molecule has 0 radical (unpaired) electrons. The molecule has 8 rings (SSSR count). The molecule has 0 aliphatic heterocycles. The summed E-state index contributed by atoms with van der Waals surface area (Å²) in [6.45, 7) is 0. The van der Waals surface area contributed by atoms with Gasteiger partial charge in [0, 0.05) is 10.8 Å². The summed E-state index contributed by atoms with van der Waals surface area (Å²) in [7, 11) is 0. The van der Waals surface area contributed by atoms with Crippen molar-refractivity contribution < 1.29 is 19.5 Å². The van der Waals surface area contributed by atoms with Gasteiger partial charge in [-0.2, -0.15) is 0 Å². The fraction of sp³-hybridized carbons (Fsp3) is 0. The maximum Gasteiger partial charge on any atom is 0.136 e. The van der Waals surface area contributed by atoms with Crippen LogP contribution in [-0.2, 0) is 0 Å². The molecule has 0 atom stereocenters. The zero-order valence-electron chi connectivity index (χ0n) is 29.1. The van der Waals surface area contributed by atoms with Crippen molar-refractivity contribution in [1.29, 1.82) is 0 Å². The first-order valence-electron chi connectivity index (χ1n) is 16.6. The topological polar surface area (TPSA) is 13.1 Å². The van der Waals surface area contributed by atoms with Crippen LogP contribution in [0.4, 0.5) is 0 Å². The second-order valence-electron chi connectivity index (χ2n) is 8.48. The fourth-order valence-electron chi connectivity index (χ4n) is 5.08. The van der Waals surface area contributed by atoms with Gasteiger partial charge in [0.2, 0.25) is 0 Å². The van der Waals surface area contributed by atoms with E-state index in [9.17, 15) is 1.37 Å². The van der Waals surface area contributed by atoms with Gasteiger partial charge < -0.3 is 4.42 Å². The van der Waals surface area contributed by atoms with Gasteiger partial charge in [-0.05, 0) is 78.5 Å². The van der Waals surface area contributed by atoms with E-state index in [1.807, 2.05) is 36.4 Å². The van der Waals surface area contributed by atoms with E-state index in [2.05, 4.69) is 0 Å². The van der Waals surface area contributed by atoms with E-state index in [0.717, 1.165) is 10.8 Å². The lowest BCUT2D eigenvalue weighted by Gasteiger charge is -2.15. The molecule has 0 saturated carbocycles. The molecule has 8 aromatic rings. The summed E-state index contributed by atoms with van der Waals surface area (Å²) in [5, 5.41) is 2.56. The molecule has 162 valence electrons. The Balaban J connectivity index is 1.76. The van der Waals surface area contributed by atoms with Gasteiger partial charge in [0.15, 0.2) is 0 Å². The van der Waals surface area contributed by atoms with Gasteiger partial charge in [0.25, 0.3) is 0 Å². The predicted molar refractivity (Wildman–Crippen MR) is 149 cm³/mol. The third kappa shape index (κ3) is 2.64.